The number of aromatic nitrogens is 2. The van der Waals surface area contributed by atoms with Crippen molar-refractivity contribution >= 4 is 28.4 Å². The second-order valence-electron chi connectivity index (χ2n) is 5.08. The number of hydrogen-bond acceptors (Lipinski definition) is 5. The summed E-state index contributed by atoms with van der Waals surface area (Å²) in [4.78, 5) is 20.3. The first-order valence-electron chi connectivity index (χ1n) is 7.52. The zero-order chi connectivity index (χ0) is 16.1. The van der Waals surface area contributed by atoms with Crippen LogP contribution in [0.1, 0.15) is 23.7 Å². The summed E-state index contributed by atoms with van der Waals surface area (Å²) in [5.41, 5.74) is 2.27. The second-order valence-corrected chi connectivity index (χ2v) is 5.08. The smallest absolute Gasteiger partial charge is 0.338 e. The third-order valence-electron chi connectivity index (χ3n) is 3.36. The molecule has 1 aromatic heterocycles. The Kier molecular flexibility index (Phi) is 4.47. The van der Waals surface area contributed by atoms with Crippen LogP contribution in [-0.2, 0) is 4.74 Å². The molecule has 0 aliphatic carbocycles. The molecule has 1 N–H and O–H groups in total. The number of rotatable bonds is 5. The van der Waals surface area contributed by atoms with E-state index in [4.69, 9.17) is 4.74 Å². The summed E-state index contributed by atoms with van der Waals surface area (Å²) in [7, 11) is 0. The van der Waals surface area contributed by atoms with Gasteiger partial charge in [0.25, 0.3) is 0 Å². The zero-order valence-electron chi connectivity index (χ0n) is 12.8. The summed E-state index contributed by atoms with van der Waals surface area (Å²) in [5.74, 6) is 0.433. The first-order valence-corrected chi connectivity index (χ1v) is 7.52. The van der Waals surface area contributed by atoms with Gasteiger partial charge in [-0.1, -0.05) is 19.1 Å². The Morgan fingerprint density at radius 2 is 1.87 bits per heavy atom. The summed E-state index contributed by atoms with van der Waals surface area (Å²) in [6, 6.07) is 14.9. The summed E-state index contributed by atoms with van der Waals surface area (Å²) in [6.45, 7) is 2.40. The maximum atomic E-state index is 11.8. The summed E-state index contributed by atoms with van der Waals surface area (Å²) in [5, 5.41) is 4.20. The van der Waals surface area contributed by atoms with Crippen LogP contribution in [0.25, 0.3) is 10.9 Å². The molecule has 0 atom stereocenters. The maximum Gasteiger partial charge on any atom is 0.338 e. The summed E-state index contributed by atoms with van der Waals surface area (Å²) < 4.78 is 5.11. The van der Waals surface area contributed by atoms with Gasteiger partial charge in [0.05, 0.1) is 17.7 Å². The summed E-state index contributed by atoms with van der Waals surface area (Å²) >= 11 is 0. The van der Waals surface area contributed by atoms with E-state index in [2.05, 4.69) is 15.3 Å². The number of carbonyl (C=O) groups excluding carboxylic acids is 1. The van der Waals surface area contributed by atoms with E-state index in [1.807, 2.05) is 43.3 Å². The quantitative estimate of drug-likeness (QED) is 0.723. The predicted octanol–water partition coefficient (Wildman–Crippen LogP) is 3.94. The van der Waals surface area contributed by atoms with E-state index in [-0.39, 0.29) is 5.97 Å². The Morgan fingerprint density at radius 3 is 2.65 bits per heavy atom. The number of ether oxygens (including phenoxy) is 1. The Hall–Kier alpha value is -2.95. The van der Waals surface area contributed by atoms with Crippen LogP contribution in [0.4, 0.5) is 11.5 Å². The minimum Gasteiger partial charge on any atom is -0.462 e. The van der Waals surface area contributed by atoms with E-state index in [0.29, 0.717) is 12.2 Å². The van der Waals surface area contributed by atoms with Gasteiger partial charge in [0.1, 0.15) is 12.1 Å². The molecule has 0 spiro atoms. The normalized spacial score (nSPS) is 10.5. The van der Waals surface area contributed by atoms with Crippen LogP contribution in [0.3, 0.4) is 0 Å². The van der Waals surface area contributed by atoms with Crippen LogP contribution in [0.15, 0.2) is 54.9 Å². The standard InChI is InChI=1S/C18H17N3O2/c1-2-11-23-18(22)13-7-9-14(10-8-13)21-17-15-5-3-4-6-16(15)19-12-20-17/h3-10,12H,2,11H2,1H3,(H,19,20,21). The molecule has 0 fully saturated rings. The van der Waals surface area contributed by atoms with Gasteiger partial charge in [-0.05, 0) is 42.8 Å². The molecule has 116 valence electrons. The fourth-order valence-corrected chi connectivity index (χ4v) is 2.21. The van der Waals surface area contributed by atoms with Gasteiger partial charge in [0.2, 0.25) is 0 Å². The molecule has 2 aromatic carbocycles. The number of benzene rings is 2. The van der Waals surface area contributed by atoms with Gasteiger partial charge in [0.15, 0.2) is 0 Å². The maximum absolute atomic E-state index is 11.8. The topological polar surface area (TPSA) is 64.1 Å². The Bertz CT molecular complexity index is 811. The number of anilines is 2. The molecule has 0 aliphatic rings. The molecule has 3 aromatic rings. The fraction of sp³-hybridized carbons (Fsp3) is 0.167. The number of para-hydroxylation sites is 1. The average Bonchev–Trinajstić information content (AvgIpc) is 2.60. The van der Waals surface area contributed by atoms with E-state index in [9.17, 15) is 4.79 Å². The highest BCUT2D eigenvalue weighted by molar-refractivity contribution is 5.92. The third-order valence-corrected chi connectivity index (χ3v) is 3.36. The molecule has 0 radical (unpaired) electrons. The van der Waals surface area contributed by atoms with Crippen molar-refractivity contribution in [3.8, 4) is 0 Å². The van der Waals surface area contributed by atoms with Gasteiger partial charge < -0.3 is 10.1 Å². The SMILES string of the molecule is CCCOC(=O)c1ccc(Nc2ncnc3ccccc23)cc1. The van der Waals surface area contributed by atoms with E-state index < -0.39 is 0 Å². The van der Waals surface area contributed by atoms with Gasteiger partial charge in [-0.3, -0.25) is 0 Å². The van der Waals surface area contributed by atoms with Crippen LogP contribution in [0.2, 0.25) is 0 Å². The first kappa shape index (κ1) is 15.0. The molecule has 0 unspecified atom stereocenters. The van der Waals surface area contributed by atoms with Crippen molar-refractivity contribution in [3.63, 3.8) is 0 Å². The lowest BCUT2D eigenvalue weighted by Crippen LogP contribution is -2.05. The molecule has 0 aliphatic heterocycles. The van der Waals surface area contributed by atoms with Crippen LogP contribution in [0.5, 0.6) is 0 Å². The van der Waals surface area contributed by atoms with Gasteiger partial charge in [-0.25, -0.2) is 14.8 Å². The minimum atomic E-state index is -0.300. The molecule has 23 heavy (non-hydrogen) atoms. The van der Waals surface area contributed by atoms with Gasteiger partial charge in [0, 0.05) is 11.1 Å². The lowest BCUT2D eigenvalue weighted by molar-refractivity contribution is 0.0505. The highest BCUT2D eigenvalue weighted by Gasteiger charge is 2.07. The minimum absolute atomic E-state index is 0.300. The van der Waals surface area contributed by atoms with Crippen LogP contribution in [0, 0.1) is 0 Å². The Balaban J connectivity index is 1.79. The first-order chi connectivity index (χ1) is 11.3. The highest BCUT2D eigenvalue weighted by atomic mass is 16.5. The predicted molar refractivity (Wildman–Crippen MR) is 89.8 cm³/mol. The molecule has 0 amide bonds. The lowest BCUT2D eigenvalue weighted by Gasteiger charge is -2.09. The van der Waals surface area contributed by atoms with Crippen molar-refractivity contribution in [3.05, 3.63) is 60.4 Å². The number of esters is 1. The monoisotopic (exact) mass is 307 g/mol. The van der Waals surface area contributed by atoms with Crippen LogP contribution < -0.4 is 5.32 Å². The van der Waals surface area contributed by atoms with Crippen LogP contribution >= 0.6 is 0 Å². The molecule has 0 saturated heterocycles. The van der Waals surface area contributed by atoms with Crippen molar-refractivity contribution in [2.45, 2.75) is 13.3 Å². The largest absolute Gasteiger partial charge is 0.462 e. The number of fused-ring (bicyclic) bond motifs is 1. The highest BCUT2D eigenvalue weighted by Crippen LogP contribution is 2.22. The van der Waals surface area contributed by atoms with Gasteiger partial charge in [-0.2, -0.15) is 0 Å². The second kappa shape index (κ2) is 6.87. The number of carbonyl (C=O) groups is 1. The van der Waals surface area contributed by atoms with Crippen molar-refractivity contribution in [1.82, 2.24) is 9.97 Å². The van der Waals surface area contributed by atoms with E-state index in [1.54, 1.807) is 12.1 Å². The van der Waals surface area contributed by atoms with Crippen molar-refractivity contribution in [1.29, 1.82) is 0 Å². The zero-order valence-corrected chi connectivity index (χ0v) is 12.8. The molecular weight excluding hydrogens is 290 g/mol. The molecule has 0 saturated carbocycles. The molecular formula is C18H17N3O2. The Labute approximate surface area is 134 Å². The average molecular weight is 307 g/mol. The van der Waals surface area contributed by atoms with Gasteiger partial charge >= 0.3 is 5.97 Å². The van der Waals surface area contributed by atoms with E-state index in [0.717, 1.165) is 28.8 Å². The van der Waals surface area contributed by atoms with Crippen molar-refractivity contribution in [2.24, 2.45) is 0 Å². The molecule has 0 bridgehead atoms. The molecule has 5 nitrogen and oxygen atoms in total. The van der Waals surface area contributed by atoms with Crippen LogP contribution in [-0.4, -0.2) is 22.5 Å². The van der Waals surface area contributed by atoms with E-state index in [1.165, 1.54) is 6.33 Å². The fourth-order valence-electron chi connectivity index (χ4n) is 2.21. The number of hydrogen-bond donors (Lipinski definition) is 1. The third kappa shape index (κ3) is 3.45. The molecule has 5 heteroatoms. The van der Waals surface area contributed by atoms with Gasteiger partial charge in [-0.15, -0.1) is 0 Å². The van der Waals surface area contributed by atoms with Crippen molar-refractivity contribution in [2.75, 3.05) is 11.9 Å². The number of nitrogens with zero attached hydrogens (tertiary/aromatic N) is 2. The Morgan fingerprint density at radius 1 is 1.09 bits per heavy atom. The molecule has 1 heterocycles. The van der Waals surface area contributed by atoms with Crippen molar-refractivity contribution < 1.29 is 9.53 Å². The summed E-state index contributed by atoms with van der Waals surface area (Å²) in [6.07, 6.45) is 2.34. The lowest BCUT2D eigenvalue weighted by atomic mass is 10.2. The van der Waals surface area contributed by atoms with E-state index >= 15 is 0 Å². The molecule has 3 rings (SSSR count). The number of nitrogens with one attached hydrogen (secondary N) is 1.